The van der Waals surface area contributed by atoms with E-state index in [4.69, 9.17) is 0 Å². The number of alkyl halides is 3. The van der Waals surface area contributed by atoms with E-state index in [1.54, 1.807) is 24.3 Å². The molecule has 0 fully saturated rings. The first-order valence-electron chi connectivity index (χ1n) is 5.38. The largest absolute Gasteiger partial charge is 0.424 e. The number of fused-ring (bicyclic) bond motifs is 1. The first-order chi connectivity index (χ1) is 8.74. The van der Waals surface area contributed by atoms with Crippen molar-refractivity contribution in [3.8, 4) is 0 Å². The van der Waals surface area contributed by atoms with Crippen LogP contribution in [0.3, 0.4) is 0 Å². The molecule has 0 bridgehead atoms. The van der Waals surface area contributed by atoms with Crippen LogP contribution in [0.2, 0.25) is 0 Å². The lowest BCUT2D eigenvalue weighted by Crippen LogP contribution is -2.43. The molecule has 102 valence electrons. The van der Waals surface area contributed by atoms with E-state index in [2.05, 4.69) is 4.98 Å². The summed E-state index contributed by atoms with van der Waals surface area (Å²) in [6.07, 6.45) is -5.98. The number of carbonyl (C=O) groups excluding carboxylic acids is 1. The average molecular weight is 289 g/mol. The molecule has 1 heterocycles. The molecule has 0 aliphatic rings. The zero-order chi connectivity index (χ0) is 14.3. The highest BCUT2D eigenvalue weighted by Gasteiger charge is 2.57. The highest BCUT2D eigenvalue weighted by molar-refractivity contribution is 7.18. The Morgan fingerprint density at radius 2 is 2.00 bits per heavy atom. The van der Waals surface area contributed by atoms with E-state index in [1.807, 2.05) is 0 Å². The number of hydrogen-bond donors (Lipinski definition) is 1. The quantitative estimate of drug-likeness (QED) is 0.945. The van der Waals surface area contributed by atoms with Gasteiger partial charge in [-0.1, -0.05) is 12.1 Å². The minimum absolute atomic E-state index is 0.369. The van der Waals surface area contributed by atoms with E-state index in [0.29, 0.717) is 10.2 Å². The molecular weight excluding hydrogens is 279 g/mol. The monoisotopic (exact) mass is 289 g/mol. The summed E-state index contributed by atoms with van der Waals surface area (Å²) >= 11 is 0.740. The third kappa shape index (κ3) is 2.48. The number of rotatable bonds is 3. The lowest BCUT2D eigenvalue weighted by Gasteiger charge is -2.27. The number of ketones is 1. The van der Waals surface area contributed by atoms with E-state index < -0.39 is 29.0 Å². The Morgan fingerprint density at radius 1 is 1.37 bits per heavy atom. The molecule has 3 nitrogen and oxygen atoms in total. The molecule has 0 aliphatic carbocycles. The van der Waals surface area contributed by atoms with Gasteiger partial charge in [-0.2, -0.15) is 13.2 Å². The third-order valence-electron chi connectivity index (χ3n) is 2.62. The van der Waals surface area contributed by atoms with Crippen LogP contribution in [0, 0.1) is 0 Å². The first-order valence-corrected chi connectivity index (χ1v) is 6.20. The van der Waals surface area contributed by atoms with Gasteiger partial charge in [0.05, 0.1) is 16.6 Å². The van der Waals surface area contributed by atoms with Crippen molar-refractivity contribution in [2.75, 3.05) is 0 Å². The maximum atomic E-state index is 13.0. The van der Waals surface area contributed by atoms with Crippen molar-refractivity contribution < 1.29 is 23.1 Å². The molecule has 0 spiro atoms. The SMILES string of the molecule is CC(=O)CC(O)(c1nc2ccccc2s1)C(F)(F)F. The number of nitrogens with zero attached hydrogens (tertiary/aromatic N) is 1. The minimum Gasteiger partial charge on any atom is -0.374 e. The molecule has 1 aromatic heterocycles. The fraction of sp³-hybridized carbons (Fsp3) is 0.333. The van der Waals surface area contributed by atoms with Crippen molar-refractivity contribution >= 4 is 27.3 Å². The number of carbonyl (C=O) groups is 1. The van der Waals surface area contributed by atoms with Crippen LogP contribution in [0.15, 0.2) is 24.3 Å². The molecule has 1 atom stereocenters. The number of benzene rings is 1. The van der Waals surface area contributed by atoms with Crippen LogP contribution in [0.25, 0.3) is 10.2 Å². The van der Waals surface area contributed by atoms with Gasteiger partial charge >= 0.3 is 6.18 Å². The van der Waals surface area contributed by atoms with Crippen molar-refractivity contribution in [3.63, 3.8) is 0 Å². The Balaban J connectivity index is 2.57. The van der Waals surface area contributed by atoms with E-state index in [0.717, 1.165) is 18.3 Å². The van der Waals surface area contributed by atoms with Crippen LogP contribution in [-0.4, -0.2) is 22.1 Å². The molecule has 2 rings (SSSR count). The van der Waals surface area contributed by atoms with Crippen LogP contribution in [0.5, 0.6) is 0 Å². The van der Waals surface area contributed by atoms with Gasteiger partial charge in [0.25, 0.3) is 0 Å². The minimum atomic E-state index is -4.95. The normalized spacial score (nSPS) is 15.4. The van der Waals surface area contributed by atoms with Crippen LogP contribution < -0.4 is 0 Å². The van der Waals surface area contributed by atoms with Gasteiger partial charge in [0.1, 0.15) is 10.8 Å². The lowest BCUT2D eigenvalue weighted by atomic mass is 9.97. The second-order valence-corrected chi connectivity index (χ2v) is 5.25. The van der Waals surface area contributed by atoms with Crippen LogP contribution in [0.1, 0.15) is 18.4 Å². The summed E-state index contributed by atoms with van der Waals surface area (Å²) in [5.41, 5.74) is -2.85. The number of Topliss-reactive ketones (excluding diaryl/α,β-unsaturated/α-hetero) is 1. The van der Waals surface area contributed by atoms with Crippen molar-refractivity contribution in [1.82, 2.24) is 4.98 Å². The van der Waals surface area contributed by atoms with Crippen molar-refractivity contribution in [2.24, 2.45) is 0 Å². The highest BCUT2D eigenvalue weighted by atomic mass is 32.1. The summed E-state index contributed by atoms with van der Waals surface area (Å²) in [4.78, 5) is 14.8. The molecule has 0 aliphatic heterocycles. The van der Waals surface area contributed by atoms with Gasteiger partial charge in [0, 0.05) is 0 Å². The van der Waals surface area contributed by atoms with E-state index in [1.165, 1.54) is 0 Å². The molecule has 0 saturated carbocycles. The maximum Gasteiger partial charge on any atom is 0.424 e. The number of thiazole rings is 1. The first kappa shape index (κ1) is 14.0. The molecular formula is C12H10F3NO2S. The Labute approximate surface area is 110 Å². The molecule has 1 unspecified atom stereocenters. The van der Waals surface area contributed by atoms with E-state index >= 15 is 0 Å². The Bertz CT molecular complexity index is 590. The van der Waals surface area contributed by atoms with Crippen LogP contribution in [-0.2, 0) is 10.4 Å². The smallest absolute Gasteiger partial charge is 0.374 e. The Kier molecular flexibility index (Phi) is 3.36. The predicted octanol–water partition coefficient (Wildman–Crippen LogP) is 3.03. The number of para-hydroxylation sites is 1. The maximum absolute atomic E-state index is 13.0. The van der Waals surface area contributed by atoms with Gasteiger partial charge < -0.3 is 5.11 Å². The summed E-state index contributed by atoms with van der Waals surface area (Å²) in [6, 6.07) is 6.48. The fourth-order valence-corrected chi connectivity index (χ4v) is 2.78. The van der Waals surface area contributed by atoms with Crippen LogP contribution in [0.4, 0.5) is 13.2 Å². The van der Waals surface area contributed by atoms with Gasteiger partial charge in [-0.15, -0.1) is 11.3 Å². The van der Waals surface area contributed by atoms with Gasteiger partial charge in [-0.3, -0.25) is 4.79 Å². The number of aromatic nitrogens is 1. The lowest BCUT2D eigenvalue weighted by molar-refractivity contribution is -0.266. The molecule has 1 aromatic carbocycles. The molecule has 19 heavy (non-hydrogen) atoms. The van der Waals surface area contributed by atoms with Gasteiger partial charge in [-0.05, 0) is 19.1 Å². The number of hydrogen-bond acceptors (Lipinski definition) is 4. The molecule has 0 radical (unpaired) electrons. The molecule has 0 amide bonds. The van der Waals surface area contributed by atoms with Crippen molar-refractivity contribution in [1.29, 1.82) is 0 Å². The van der Waals surface area contributed by atoms with Crippen molar-refractivity contribution in [3.05, 3.63) is 29.3 Å². The highest BCUT2D eigenvalue weighted by Crippen LogP contribution is 2.44. The van der Waals surface area contributed by atoms with Gasteiger partial charge in [-0.25, -0.2) is 4.98 Å². The van der Waals surface area contributed by atoms with Crippen LogP contribution >= 0.6 is 11.3 Å². The molecule has 0 saturated heterocycles. The summed E-state index contributed by atoms with van der Waals surface area (Å²) in [7, 11) is 0. The van der Waals surface area contributed by atoms with Gasteiger partial charge in [0.2, 0.25) is 5.60 Å². The summed E-state index contributed by atoms with van der Waals surface area (Å²) in [5, 5.41) is 9.39. The summed E-state index contributed by atoms with van der Waals surface area (Å²) in [5.74, 6) is -0.751. The fourth-order valence-electron chi connectivity index (χ4n) is 1.71. The standard InChI is InChI=1S/C12H10F3NO2S/c1-7(17)6-11(18,12(13,14)15)10-16-8-4-2-3-5-9(8)19-10/h2-5,18H,6H2,1H3. The summed E-state index contributed by atoms with van der Waals surface area (Å²) < 4.78 is 39.7. The third-order valence-corrected chi connectivity index (χ3v) is 3.81. The predicted molar refractivity (Wildman–Crippen MR) is 64.9 cm³/mol. The van der Waals surface area contributed by atoms with Gasteiger partial charge in [0.15, 0.2) is 0 Å². The second-order valence-electron chi connectivity index (χ2n) is 4.22. The molecule has 7 heteroatoms. The zero-order valence-electron chi connectivity index (χ0n) is 9.86. The number of halogens is 3. The van der Waals surface area contributed by atoms with Crippen molar-refractivity contribution in [2.45, 2.75) is 25.1 Å². The average Bonchev–Trinajstić information content (AvgIpc) is 2.70. The summed E-state index contributed by atoms with van der Waals surface area (Å²) in [6.45, 7) is 1.00. The number of aliphatic hydroxyl groups is 1. The Morgan fingerprint density at radius 3 is 2.53 bits per heavy atom. The van der Waals surface area contributed by atoms with E-state index in [-0.39, 0.29) is 0 Å². The topological polar surface area (TPSA) is 50.2 Å². The second kappa shape index (κ2) is 4.57. The zero-order valence-corrected chi connectivity index (χ0v) is 10.7. The molecule has 2 aromatic rings. The van der Waals surface area contributed by atoms with E-state index in [9.17, 15) is 23.1 Å². The molecule has 1 N–H and O–H groups in total. The Hall–Kier alpha value is -1.47.